The number of amides is 1. The Kier molecular flexibility index (Phi) is 6.94. The van der Waals surface area contributed by atoms with Gasteiger partial charge in [-0.15, -0.1) is 21.5 Å². The van der Waals surface area contributed by atoms with Crippen molar-refractivity contribution in [3.05, 3.63) is 51.9 Å². The van der Waals surface area contributed by atoms with E-state index in [0.717, 1.165) is 49.4 Å². The van der Waals surface area contributed by atoms with Crippen LogP contribution in [0.25, 0.3) is 5.69 Å². The minimum absolute atomic E-state index is 0.135. The maximum absolute atomic E-state index is 13.6. The molecule has 176 valence electrons. The molecule has 2 aliphatic rings. The number of thioether (sulfide) groups is 1. The van der Waals surface area contributed by atoms with E-state index in [1.54, 1.807) is 12.1 Å². The van der Waals surface area contributed by atoms with Crippen LogP contribution in [0.5, 0.6) is 0 Å². The smallest absolute Gasteiger partial charge is 0.235 e. The van der Waals surface area contributed by atoms with Crippen molar-refractivity contribution in [2.45, 2.75) is 50.2 Å². The van der Waals surface area contributed by atoms with E-state index >= 15 is 0 Å². The summed E-state index contributed by atoms with van der Waals surface area (Å²) in [6.07, 6.45) is 6.53. The first-order chi connectivity index (χ1) is 16.6. The number of aromatic nitrogens is 3. The largest absolute Gasteiger partial charge is 0.316 e. The number of anilines is 1. The summed E-state index contributed by atoms with van der Waals surface area (Å²) in [5, 5.41) is 22.5. The minimum Gasteiger partial charge on any atom is -0.316 e. The van der Waals surface area contributed by atoms with Gasteiger partial charge in [-0.25, -0.2) is 4.39 Å². The lowest BCUT2D eigenvalue weighted by molar-refractivity contribution is -0.113. The molecular weight excluding hydrogens is 471 g/mol. The van der Waals surface area contributed by atoms with Gasteiger partial charge in [-0.1, -0.05) is 18.2 Å². The number of aryl methyl sites for hydroxylation is 1. The summed E-state index contributed by atoms with van der Waals surface area (Å²) in [7, 11) is 0. The number of likely N-dealkylation sites (tertiary alicyclic amines) is 1. The molecule has 0 radical (unpaired) electrons. The molecule has 2 aromatic heterocycles. The molecule has 1 aliphatic carbocycles. The molecular formula is C24H25FN6OS2. The van der Waals surface area contributed by atoms with E-state index in [9.17, 15) is 14.4 Å². The Morgan fingerprint density at radius 3 is 2.71 bits per heavy atom. The topological polar surface area (TPSA) is 86.8 Å². The number of nitrogens with one attached hydrogen (secondary N) is 1. The first-order valence-corrected chi connectivity index (χ1v) is 13.3. The fourth-order valence-corrected chi connectivity index (χ4v) is 6.59. The second kappa shape index (κ2) is 10.3. The number of carbonyl (C=O) groups excluding carboxylic acids is 1. The number of nitrogens with zero attached hydrogens (tertiary/aromatic N) is 5. The van der Waals surface area contributed by atoms with Gasteiger partial charge in [0, 0.05) is 10.6 Å². The number of nitriles is 1. The van der Waals surface area contributed by atoms with Crippen LogP contribution in [0.3, 0.4) is 0 Å². The predicted molar refractivity (Wildman–Crippen MR) is 131 cm³/mol. The molecule has 1 aromatic carbocycles. The summed E-state index contributed by atoms with van der Waals surface area (Å²) in [6.45, 7) is 2.70. The second-order valence-corrected chi connectivity index (χ2v) is 10.6. The van der Waals surface area contributed by atoms with Gasteiger partial charge in [-0.3, -0.25) is 14.3 Å². The van der Waals surface area contributed by atoms with Gasteiger partial charge < -0.3 is 5.32 Å². The van der Waals surface area contributed by atoms with Crippen molar-refractivity contribution < 1.29 is 9.18 Å². The molecule has 1 amide bonds. The maximum atomic E-state index is 13.6. The summed E-state index contributed by atoms with van der Waals surface area (Å²) >= 11 is 2.80. The van der Waals surface area contributed by atoms with Crippen molar-refractivity contribution >= 4 is 34.0 Å². The Labute approximate surface area is 206 Å². The third kappa shape index (κ3) is 4.87. The molecule has 0 bridgehead atoms. The number of halogens is 1. The molecule has 1 saturated heterocycles. The summed E-state index contributed by atoms with van der Waals surface area (Å²) in [5.41, 5.74) is 2.46. The highest BCUT2D eigenvalue weighted by Gasteiger charge is 2.24. The van der Waals surface area contributed by atoms with Gasteiger partial charge in [0.05, 0.1) is 17.9 Å². The van der Waals surface area contributed by atoms with Crippen LogP contribution in [0.2, 0.25) is 0 Å². The van der Waals surface area contributed by atoms with Crippen LogP contribution >= 0.6 is 23.1 Å². The molecule has 5 rings (SSSR count). The zero-order valence-electron chi connectivity index (χ0n) is 18.7. The number of piperidine rings is 1. The van der Waals surface area contributed by atoms with Crippen LogP contribution in [0.15, 0.2) is 29.4 Å². The zero-order valence-corrected chi connectivity index (χ0v) is 20.4. The van der Waals surface area contributed by atoms with Gasteiger partial charge in [0.2, 0.25) is 5.91 Å². The average molecular weight is 497 g/mol. The van der Waals surface area contributed by atoms with E-state index in [1.807, 2.05) is 4.57 Å². The van der Waals surface area contributed by atoms with Gasteiger partial charge in [0.25, 0.3) is 0 Å². The molecule has 0 saturated carbocycles. The maximum Gasteiger partial charge on any atom is 0.235 e. The monoisotopic (exact) mass is 496 g/mol. The molecule has 7 nitrogen and oxygen atoms in total. The SMILES string of the molecule is N#Cc1c(NC(=O)CSc2nnc(CN3CCCCC3)n2-c2ccc(F)cc2)sc2c1CCC2. The first-order valence-electron chi connectivity index (χ1n) is 11.5. The minimum atomic E-state index is -0.306. The second-order valence-electron chi connectivity index (χ2n) is 8.56. The molecule has 34 heavy (non-hydrogen) atoms. The van der Waals surface area contributed by atoms with E-state index in [1.165, 1.54) is 59.4 Å². The molecule has 1 aliphatic heterocycles. The van der Waals surface area contributed by atoms with Crippen molar-refractivity contribution in [3.63, 3.8) is 0 Å². The summed E-state index contributed by atoms with van der Waals surface area (Å²) in [4.78, 5) is 16.3. The first kappa shape index (κ1) is 23.0. The van der Waals surface area contributed by atoms with Crippen molar-refractivity contribution in [3.8, 4) is 11.8 Å². The normalized spacial score (nSPS) is 15.8. The highest BCUT2D eigenvalue weighted by atomic mass is 32.2. The molecule has 10 heteroatoms. The van der Waals surface area contributed by atoms with E-state index < -0.39 is 0 Å². The van der Waals surface area contributed by atoms with Gasteiger partial charge in [0.15, 0.2) is 11.0 Å². The van der Waals surface area contributed by atoms with Crippen LogP contribution in [0.1, 0.15) is 47.5 Å². The lowest BCUT2D eigenvalue weighted by Crippen LogP contribution is -2.30. The van der Waals surface area contributed by atoms with E-state index in [-0.39, 0.29) is 17.5 Å². The fourth-order valence-electron chi connectivity index (χ4n) is 4.57. The Morgan fingerprint density at radius 1 is 1.15 bits per heavy atom. The number of thiophene rings is 1. The number of fused-ring (bicyclic) bond motifs is 1. The van der Waals surface area contributed by atoms with Crippen LogP contribution in [-0.2, 0) is 24.2 Å². The van der Waals surface area contributed by atoms with Crippen LogP contribution in [0.4, 0.5) is 9.39 Å². The Bertz CT molecular complexity index is 1220. The number of hydrogen-bond acceptors (Lipinski definition) is 7. The summed E-state index contributed by atoms with van der Waals surface area (Å²) in [6, 6.07) is 8.50. The number of carbonyl (C=O) groups is 1. The van der Waals surface area contributed by atoms with Crippen LogP contribution in [0, 0.1) is 17.1 Å². The molecule has 1 N–H and O–H groups in total. The molecule has 0 spiro atoms. The quantitative estimate of drug-likeness (QED) is 0.483. The lowest BCUT2D eigenvalue weighted by atomic mass is 10.1. The molecule has 0 atom stereocenters. The van der Waals surface area contributed by atoms with E-state index in [2.05, 4.69) is 26.5 Å². The third-order valence-electron chi connectivity index (χ3n) is 6.22. The van der Waals surface area contributed by atoms with E-state index in [4.69, 9.17) is 0 Å². The van der Waals surface area contributed by atoms with Gasteiger partial charge in [-0.05, 0) is 75.0 Å². The Hall–Kier alpha value is -2.74. The molecule has 1 fully saturated rings. The Balaban J connectivity index is 1.32. The van der Waals surface area contributed by atoms with E-state index in [0.29, 0.717) is 22.3 Å². The van der Waals surface area contributed by atoms with Crippen LogP contribution in [-0.4, -0.2) is 44.4 Å². The van der Waals surface area contributed by atoms with Gasteiger partial charge >= 0.3 is 0 Å². The van der Waals surface area contributed by atoms with Crippen molar-refractivity contribution in [1.29, 1.82) is 5.26 Å². The summed E-state index contributed by atoms with van der Waals surface area (Å²) < 4.78 is 15.5. The number of benzene rings is 1. The van der Waals surface area contributed by atoms with Crippen molar-refractivity contribution in [1.82, 2.24) is 19.7 Å². The number of hydrogen-bond donors (Lipinski definition) is 1. The van der Waals surface area contributed by atoms with Gasteiger partial charge in [-0.2, -0.15) is 5.26 Å². The standard InChI is InChI=1S/C24H25FN6OS2/c25-16-7-9-17(10-8-16)31-21(14-30-11-2-1-3-12-30)28-29-24(31)33-15-22(32)27-23-19(13-26)18-5-4-6-20(18)34-23/h7-10H,1-6,11-12,14-15H2,(H,27,32). The lowest BCUT2D eigenvalue weighted by Gasteiger charge is -2.26. The van der Waals surface area contributed by atoms with Gasteiger partial charge in [0.1, 0.15) is 16.9 Å². The highest BCUT2D eigenvalue weighted by molar-refractivity contribution is 7.99. The zero-order chi connectivity index (χ0) is 23.5. The predicted octanol–water partition coefficient (Wildman–Crippen LogP) is 4.54. The summed E-state index contributed by atoms with van der Waals surface area (Å²) in [5.74, 6) is 0.417. The number of rotatable bonds is 7. The highest BCUT2D eigenvalue weighted by Crippen LogP contribution is 2.38. The van der Waals surface area contributed by atoms with Crippen molar-refractivity contribution in [2.75, 3.05) is 24.2 Å². The van der Waals surface area contributed by atoms with Crippen LogP contribution < -0.4 is 5.32 Å². The third-order valence-corrected chi connectivity index (χ3v) is 8.35. The molecule has 3 aromatic rings. The molecule has 3 heterocycles. The van der Waals surface area contributed by atoms with Crippen molar-refractivity contribution in [2.24, 2.45) is 0 Å². The molecule has 0 unspecified atom stereocenters. The Morgan fingerprint density at radius 2 is 1.94 bits per heavy atom. The average Bonchev–Trinajstić information content (AvgIpc) is 3.54. The fraction of sp³-hybridized carbons (Fsp3) is 0.417.